The average molecular weight is 246 g/mol. The molecule has 1 heterocycles. The van der Waals surface area contributed by atoms with E-state index < -0.39 is 10.0 Å². The van der Waals surface area contributed by atoms with Gasteiger partial charge < -0.3 is 5.32 Å². The molecule has 0 aromatic carbocycles. The van der Waals surface area contributed by atoms with Crippen molar-refractivity contribution in [3.05, 3.63) is 0 Å². The maximum absolute atomic E-state index is 11.9. The molecule has 4 nitrogen and oxygen atoms in total. The van der Waals surface area contributed by atoms with Gasteiger partial charge in [0.05, 0.1) is 5.75 Å². The lowest BCUT2D eigenvalue weighted by atomic mass is 10.0. The molecule has 2 N–H and O–H groups in total. The largest absolute Gasteiger partial charge is 0.317 e. The first-order valence-corrected chi connectivity index (χ1v) is 7.75. The SMILES string of the molecule is CC1(C)CC1NS(=O)(=O)CC1CCNCC1. The van der Waals surface area contributed by atoms with Gasteiger partial charge in [0, 0.05) is 6.04 Å². The van der Waals surface area contributed by atoms with Gasteiger partial charge in [-0.25, -0.2) is 13.1 Å². The molecule has 1 aliphatic heterocycles. The quantitative estimate of drug-likeness (QED) is 0.768. The molecule has 1 saturated carbocycles. The van der Waals surface area contributed by atoms with Crippen molar-refractivity contribution >= 4 is 10.0 Å². The molecule has 0 radical (unpaired) electrons. The Bertz CT molecular complexity index is 345. The van der Waals surface area contributed by atoms with Gasteiger partial charge in [0.2, 0.25) is 10.0 Å². The highest BCUT2D eigenvalue weighted by Crippen LogP contribution is 2.45. The minimum Gasteiger partial charge on any atom is -0.317 e. The molecule has 1 unspecified atom stereocenters. The molecular formula is C11H22N2O2S. The van der Waals surface area contributed by atoms with Crippen LogP contribution in [0.5, 0.6) is 0 Å². The number of sulfonamides is 1. The molecule has 0 spiro atoms. The van der Waals surface area contributed by atoms with Crippen molar-refractivity contribution in [2.24, 2.45) is 11.3 Å². The van der Waals surface area contributed by atoms with Crippen molar-refractivity contribution in [1.29, 1.82) is 0 Å². The van der Waals surface area contributed by atoms with Crippen LogP contribution in [0.2, 0.25) is 0 Å². The molecule has 0 amide bonds. The number of rotatable bonds is 4. The van der Waals surface area contributed by atoms with Crippen LogP contribution in [0.3, 0.4) is 0 Å². The Labute approximate surface area is 98.2 Å². The molecule has 1 atom stereocenters. The first-order chi connectivity index (χ1) is 7.39. The molecule has 1 saturated heterocycles. The fraction of sp³-hybridized carbons (Fsp3) is 1.00. The fourth-order valence-electron chi connectivity index (χ4n) is 2.29. The first kappa shape index (κ1) is 12.3. The summed E-state index contributed by atoms with van der Waals surface area (Å²) in [5.41, 5.74) is 0.168. The summed E-state index contributed by atoms with van der Waals surface area (Å²) in [6.07, 6.45) is 2.93. The molecule has 2 rings (SSSR count). The van der Waals surface area contributed by atoms with Gasteiger partial charge in [0.1, 0.15) is 0 Å². The molecule has 2 aliphatic rings. The second-order valence-electron chi connectivity index (χ2n) is 5.84. The normalized spacial score (nSPS) is 30.2. The molecule has 0 aromatic heterocycles. The summed E-state index contributed by atoms with van der Waals surface area (Å²) in [7, 11) is -3.07. The van der Waals surface area contributed by atoms with Crippen molar-refractivity contribution in [3.8, 4) is 0 Å². The van der Waals surface area contributed by atoms with Crippen molar-refractivity contribution in [3.63, 3.8) is 0 Å². The van der Waals surface area contributed by atoms with Gasteiger partial charge in [-0.15, -0.1) is 0 Å². The summed E-state index contributed by atoms with van der Waals surface area (Å²) in [5, 5.41) is 3.25. The van der Waals surface area contributed by atoms with E-state index in [1.54, 1.807) is 0 Å². The molecule has 94 valence electrons. The highest BCUT2D eigenvalue weighted by molar-refractivity contribution is 7.89. The van der Waals surface area contributed by atoms with Gasteiger partial charge in [-0.3, -0.25) is 0 Å². The second kappa shape index (κ2) is 4.27. The monoisotopic (exact) mass is 246 g/mol. The van der Waals surface area contributed by atoms with E-state index in [4.69, 9.17) is 0 Å². The van der Waals surface area contributed by atoms with E-state index in [0.29, 0.717) is 11.7 Å². The predicted octanol–water partition coefficient (Wildman–Crippen LogP) is 0.704. The van der Waals surface area contributed by atoms with Crippen LogP contribution in [0.25, 0.3) is 0 Å². The van der Waals surface area contributed by atoms with Gasteiger partial charge in [-0.1, -0.05) is 13.8 Å². The second-order valence-corrected chi connectivity index (χ2v) is 7.64. The molecule has 0 aromatic rings. The van der Waals surface area contributed by atoms with Crippen molar-refractivity contribution < 1.29 is 8.42 Å². The molecule has 16 heavy (non-hydrogen) atoms. The standard InChI is InChI=1S/C11H22N2O2S/c1-11(2)7-10(11)13-16(14,15)8-9-3-5-12-6-4-9/h9-10,12-13H,3-8H2,1-2H3. The van der Waals surface area contributed by atoms with Crippen LogP contribution in [0.15, 0.2) is 0 Å². The van der Waals surface area contributed by atoms with E-state index >= 15 is 0 Å². The Morgan fingerprint density at radius 3 is 2.38 bits per heavy atom. The van der Waals surface area contributed by atoms with Crippen LogP contribution in [0, 0.1) is 11.3 Å². The lowest BCUT2D eigenvalue weighted by Gasteiger charge is -2.22. The van der Waals surface area contributed by atoms with Crippen molar-refractivity contribution in [1.82, 2.24) is 10.0 Å². The van der Waals surface area contributed by atoms with E-state index in [2.05, 4.69) is 23.9 Å². The summed E-state index contributed by atoms with van der Waals surface area (Å²) >= 11 is 0. The van der Waals surface area contributed by atoms with Gasteiger partial charge in [-0.05, 0) is 43.7 Å². The Kier molecular flexibility index (Phi) is 3.29. The zero-order chi connectivity index (χ0) is 11.8. The van der Waals surface area contributed by atoms with Crippen LogP contribution >= 0.6 is 0 Å². The Balaban J connectivity index is 1.83. The summed E-state index contributed by atoms with van der Waals surface area (Å²) in [4.78, 5) is 0. The fourth-order valence-corrected chi connectivity index (χ4v) is 4.18. The summed E-state index contributed by atoms with van der Waals surface area (Å²) in [6, 6.07) is 0.166. The van der Waals surface area contributed by atoms with E-state index in [0.717, 1.165) is 32.4 Å². The third-order valence-electron chi connectivity index (χ3n) is 3.75. The molecule has 1 aliphatic carbocycles. The molecular weight excluding hydrogens is 224 g/mol. The number of nitrogens with one attached hydrogen (secondary N) is 2. The first-order valence-electron chi connectivity index (χ1n) is 6.10. The maximum Gasteiger partial charge on any atom is 0.212 e. The van der Waals surface area contributed by atoms with Crippen LogP contribution in [0.4, 0.5) is 0 Å². The number of hydrogen-bond donors (Lipinski definition) is 2. The molecule has 2 fully saturated rings. The lowest BCUT2D eigenvalue weighted by Crippen LogP contribution is -2.37. The van der Waals surface area contributed by atoms with Crippen LogP contribution in [0.1, 0.15) is 33.1 Å². The maximum atomic E-state index is 11.9. The predicted molar refractivity (Wildman–Crippen MR) is 64.7 cm³/mol. The Hall–Kier alpha value is -0.130. The minimum atomic E-state index is -3.07. The highest BCUT2D eigenvalue weighted by atomic mass is 32.2. The van der Waals surface area contributed by atoms with Crippen LogP contribution < -0.4 is 10.0 Å². The highest BCUT2D eigenvalue weighted by Gasteiger charge is 2.47. The summed E-state index contributed by atoms with van der Waals surface area (Å²) in [6.45, 7) is 6.11. The van der Waals surface area contributed by atoms with Gasteiger partial charge in [0.25, 0.3) is 0 Å². The topological polar surface area (TPSA) is 58.2 Å². The van der Waals surface area contributed by atoms with Gasteiger partial charge in [-0.2, -0.15) is 0 Å². The summed E-state index contributed by atoms with van der Waals surface area (Å²) < 4.78 is 26.6. The molecule has 0 bridgehead atoms. The van der Waals surface area contributed by atoms with Crippen molar-refractivity contribution in [2.45, 2.75) is 39.2 Å². The third kappa shape index (κ3) is 3.18. The van der Waals surface area contributed by atoms with Gasteiger partial charge in [0.15, 0.2) is 0 Å². The van der Waals surface area contributed by atoms with E-state index in [9.17, 15) is 8.42 Å². The van der Waals surface area contributed by atoms with E-state index in [1.807, 2.05) is 0 Å². The zero-order valence-electron chi connectivity index (χ0n) is 10.1. The lowest BCUT2D eigenvalue weighted by molar-refractivity contribution is 0.399. The van der Waals surface area contributed by atoms with Crippen LogP contribution in [-0.4, -0.2) is 33.3 Å². The van der Waals surface area contributed by atoms with Gasteiger partial charge >= 0.3 is 0 Å². The van der Waals surface area contributed by atoms with E-state index in [-0.39, 0.29) is 11.5 Å². The zero-order valence-corrected chi connectivity index (χ0v) is 10.9. The minimum absolute atomic E-state index is 0.166. The average Bonchev–Trinajstić information content (AvgIpc) is 2.72. The van der Waals surface area contributed by atoms with Crippen LogP contribution in [-0.2, 0) is 10.0 Å². The third-order valence-corrected chi connectivity index (χ3v) is 5.30. The van der Waals surface area contributed by atoms with E-state index in [1.165, 1.54) is 0 Å². The summed E-state index contributed by atoms with van der Waals surface area (Å²) in [5.74, 6) is 0.641. The Morgan fingerprint density at radius 2 is 1.88 bits per heavy atom. The smallest absolute Gasteiger partial charge is 0.212 e. The Morgan fingerprint density at radius 1 is 1.31 bits per heavy atom. The van der Waals surface area contributed by atoms with Crippen molar-refractivity contribution in [2.75, 3.05) is 18.8 Å². The molecule has 5 heteroatoms. The number of hydrogen-bond acceptors (Lipinski definition) is 3. The number of piperidine rings is 1.